The molecule has 3 amide bonds. The van der Waals surface area contributed by atoms with Crippen LogP contribution < -0.4 is 0 Å². The van der Waals surface area contributed by atoms with E-state index in [1.54, 1.807) is 14.7 Å². The van der Waals surface area contributed by atoms with Crippen molar-refractivity contribution >= 4 is 17.7 Å². The first-order valence-corrected chi connectivity index (χ1v) is 14.8. The summed E-state index contributed by atoms with van der Waals surface area (Å²) in [7, 11) is 0. The average Bonchev–Trinajstić information content (AvgIpc) is 3.24. The second-order valence-corrected chi connectivity index (χ2v) is 12.1. The van der Waals surface area contributed by atoms with Gasteiger partial charge in [0.2, 0.25) is 17.7 Å². The van der Waals surface area contributed by atoms with Gasteiger partial charge in [0.05, 0.1) is 30.1 Å². The van der Waals surface area contributed by atoms with Crippen molar-refractivity contribution in [2.45, 2.75) is 83.3 Å². The molecule has 40 heavy (non-hydrogen) atoms. The number of nitrogens with zero attached hydrogens (tertiary/aromatic N) is 3. The highest BCUT2D eigenvalue weighted by atomic mass is 16.5. The molecule has 8 heteroatoms. The fourth-order valence-electron chi connectivity index (χ4n) is 7.35. The van der Waals surface area contributed by atoms with Gasteiger partial charge in [-0.05, 0) is 31.7 Å². The predicted octanol–water partition coefficient (Wildman–Crippen LogP) is 3.16. The topological polar surface area (TPSA) is 90.4 Å². The number of aliphatic hydroxyl groups excluding tert-OH is 1. The van der Waals surface area contributed by atoms with Crippen LogP contribution in [0.2, 0.25) is 0 Å². The van der Waals surface area contributed by atoms with Crippen LogP contribution in [-0.2, 0) is 25.7 Å². The Bertz CT molecular complexity index is 1200. The van der Waals surface area contributed by atoms with Crippen molar-refractivity contribution in [1.82, 2.24) is 14.7 Å². The first kappa shape index (κ1) is 28.6. The highest BCUT2D eigenvalue weighted by Gasteiger charge is 2.76. The molecular weight excluding hydrogens is 506 g/mol. The standard InChI is InChI=1S/C32H43N3O5/c1-6-22(5)24(20-36)35-27-30(39)34(21(3)4)18-12-16-32(27)26(29(35)38)25-28(37)33(19-23-13-9-8-10-14-23)17-11-15-31(25,7-2)40-32/h8-16,21-22,24-27,36H,6-7,17-20H2,1-5H3/t22-,24-,25+,26-,27?,31-,32-/m0/s1. The van der Waals surface area contributed by atoms with Gasteiger partial charge in [-0.15, -0.1) is 0 Å². The van der Waals surface area contributed by atoms with E-state index in [2.05, 4.69) is 0 Å². The maximum Gasteiger partial charge on any atom is 0.249 e. The monoisotopic (exact) mass is 549 g/mol. The summed E-state index contributed by atoms with van der Waals surface area (Å²) in [5.41, 5.74) is -1.32. The summed E-state index contributed by atoms with van der Waals surface area (Å²) in [5.74, 6) is -2.33. The number of rotatable bonds is 8. The zero-order chi connectivity index (χ0) is 28.8. The molecule has 1 aromatic carbocycles. The minimum Gasteiger partial charge on any atom is -0.394 e. The molecule has 5 rings (SSSR count). The van der Waals surface area contributed by atoms with E-state index in [9.17, 15) is 19.5 Å². The molecule has 1 spiro atoms. The molecule has 2 fully saturated rings. The van der Waals surface area contributed by atoms with Crippen molar-refractivity contribution in [3.05, 3.63) is 60.2 Å². The minimum atomic E-state index is -1.31. The number of likely N-dealkylation sites (tertiary alicyclic amines) is 1. The van der Waals surface area contributed by atoms with Gasteiger partial charge in [-0.1, -0.05) is 81.8 Å². The lowest BCUT2D eigenvalue weighted by molar-refractivity contribution is -0.159. The molecule has 4 aliphatic rings. The summed E-state index contributed by atoms with van der Waals surface area (Å²) < 4.78 is 7.04. The Balaban J connectivity index is 1.66. The van der Waals surface area contributed by atoms with E-state index in [-0.39, 0.29) is 36.3 Å². The summed E-state index contributed by atoms with van der Waals surface area (Å²) >= 11 is 0. The normalized spacial score (nSPS) is 33.1. The average molecular weight is 550 g/mol. The van der Waals surface area contributed by atoms with Gasteiger partial charge in [-0.3, -0.25) is 14.4 Å². The predicted molar refractivity (Wildman–Crippen MR) is 152 cm³/mol. The van der Waals surface area contributed by atoms with Crippen molar-refractivity contribution in [1.29, 1.82) is 0 Å². The molecule has 4 heterocycles. The van der Waals surface area contributed by atoms with Crippen molar-refractivity contribution < 1.29 is 24.2 Å². The van der Waals surface area contributed by atoms with E-state index >= 15 is 0 Å². The van der Waals surface area contributed by atoms with Crippen LogP contribution in [0.15, 0.2) is 54.6 Å². The number of ether oxygens (including phenoxy) is 1. The fraction of sp³-hybridized carbons (Fsp3) is 0.594. The fourth-order valence-corrected chi connectivity index (χ4v) is 7.35. The van der Waals surface area contributed by atoms with E-state index in [1.165, 1.54) is 0 Å². The van der Waals surface area contributed by atoms with E-state index in [0.717, 1.165) is 12.0 Å². The zero-order valence-electron chi connectivity index (χ0n) is 24.3. The lowest BCUT2D eigenvalue weighted by Gasteiger charge is -2.42. The van der Waals surface area contributed by atoms with Gasteiger partial charge in [0.25, 0.3) is 0 Å². The molecule has 0 radical (unpaired) electrons. The molecule has 216 valence electrons. The van der Waals surface area contributed by atoms with Crippen LogP contribution in [0, 0.1) is 17.8 Å². The Kier molecular flexibility index (Phi) is 7.70. The largest absolute Gasteiger partial charge is 0.394 e. The van der Waals surface area contributed by atoms with Crippen LogP contribution in [0.5, 0.6) is 0 Å². The van der Waals surface area contributed by atoms with Gasteiger partial charge in [-0.2, -0.15) is 0 Å². The first-order valence-electron chi connectivity index (χ1n) is 14.8. The van der Waals surface area contributed by atoms with Crippen LogP contribution in [0.25, 0.3) is 0 Å². The number of carbonyl (C=O) groups is 3. The van der Waals surface area contributed by atoms with Crippen LogP contribution in [-0.4, -0.2) is 86.6 Å². The van der Waals surface area contributed by atoms with Gasteiger partial charge in [0, 0.05) is 25.7 Å². The quantitative estimate of drug-likeness (QED) is 0.503. The molecule has 1 unspecified atom stereocenters. The number of hydrogen-bond donors (Lipinski definition) is 1. The molecule has 1 aromatic rings. The second-order valence-electron chi connectivity index (χ2n) is 12.1. The Morgan fingerprint density at radius 1 is 0.950 bits per heavy atom. The smallest absolute Gasteiger partial charge is 0.249 e. The van der Waals surface area contributed by atoms with Gasteiger partial charge < -0.3 is 24.5 Å². The molecule has 0 aromatic heterocycles. The summed E-state index contributed by atoms with van der Waals surface area (Å²) in [6, 6.07) is 8.22. The number of carbonyl (C=O) groups excluding carboxylic acids is 3. The number of amides is 3. The molecule has 0 bridgehead atoms. The minimum absolute atomic E-state index is 0.0485. The van der Waals surface area contributed by atoms with Crippen molar-refractivity contribution in [3.63, 3.8) is 0 Å². The summed E-state index contributed by atoms with van der Waals surface area (Å²) in [4.78, 5) is 48.7. The zero-order valence-corrected chi connectivity index (χ0v) is 24.3. The van der Waals surface area contributed by atoms with Gasteiger partial charge in [0.15, 0.2) is 0 Å². The Hall–Kier alpha value is -2.97. The third-order valence-electron chi connectivity index (χ3n) is 9.68. The summed E-state index contributed by atoms with van der Waals surface area (Å²) in [5, 5.41) is 10.6. The SMILES string of the molecule is CC[C@H](C)[C@H](CO)N1C(=O)[C@@H]2[C@@H]3C(=O)N(Cc4ccccc4)CC=C[C@]3(CC)O[C@@]23C=CCN(C(C)C)C(=O)C13. The van der Waals surface area contributed by atoms with Crippen LogP contribution in [0.4, 0.5) is 0 Å². The van der Waals surface area contributed by atoms with Crippen LogP contribution >= 0.6 is 0 Å². The third kappa shape index (κ3) is 4.22. The molecule has 1 N–H and O–H groups in total. The molecule has 4 aliphatic heterocycles. The maximum atomic E-state index is 14.7. The Labute approximate surface area is 237 Å². The first-order chi connectivity index (χ1) is 19.2. The van der Waals surface area contributed by atoms with E-state index in [4.69, 9.17) is 4.74 Å². The lowest BCUT2D eigenvalue weighted by atomic mass is 9.73. The maximum absolute atomic E-state index is 14.7. The summed E-state index contributed by atoms with van der Waals surface area (Å²) in [6.07, 6.45) is 8.96. The van der Waals surface area contributed by atoms with E-state index in [1.807, 2.05) is 89.3 Å². The number of aliphatic hydroxyl groups is 1. The van der Waals surface area contributed by atoms with Crippen molar-refractivity contribution in [3.8, 4) is 0 Å². The Morgan fingerprint density at radius 3 is 2.27 bits per heavy atom. The van der Waals surface area contributed by atoms with Gasteiger partial charge in [0.1, 0.15) is 11.6 Å². The van der Waals surface area contributed by atoms with E-state index in [0.29, 0.717) is 26.1 Å². The highest BCUT2D eigenvalue weighted by molar-refractivity contribution is 6.00. The molecule has 2 saturated heterocycles. The molecular formula is C32H43N3O5. The van der Waals surface area contributed by atoms with Crippen LogP contribution in [0.3, 0.4) is 0 Å². The Morgan fingerprint density at radius 2 is 1.65 bits per heavy atom. The lowest BCUT2D eigenvalue weighted by Crippen LogP contribution is -2.60. The number of fused-ring (bicyclic) bond motifs is 2. The molecule has 7 atom stereocenters. The molecule has 0 saturated carbocycles. The van der Waals surface area contributed by atoms with Crippen LogP contribution in [0.1, 0.15) is 53.0 Å². The van der Waals surface area contributed by atoms with Gasteiger partial charge >= 0.3 is 0 Å². The van der Waals surface area contributed by atoms with Crippen molar-refractivity contribution in [2.24, 2.45) is 17.8 Å². The third-order valence-corrected chi connectivity index (χ3v) is 9.68. The molecule has 0 aliphatic carbocycles. The second kappa shape index (κ2) is 10.8. The summed E-state index contributed by atoms with van der Waals surface area (Å²) in [6.45, 7) is 10.9. The number of hydrogen-bond acceptors (Lipinski definition) is 5. The van der Waals surface area contributed by atoms with Gasteiger partial charge in [-0.25, -0.2) is 0 Å². The number of benzene rings is 1. The van der Waals surface area contributed by atoms with Crippen molar-refractivity contribution in [2.75, 3.05) is 19.7 Å². The highest BCUT2D eigenvalue weighted by Crippen LogP contribution is 2.59. The van der Waals surface area contributed by atoms with E-state index < -0.39 is 35.1 Å². The molecule has 8 nitrogen and oxygen atoms in total.